The minimum Gasteiger partial charge on any atom is -0.493 e. The van der Waals surface area contributed by atoms with Crippen LogP contribution in [0, 0.1) is 5.82 Å². The summed E-state index contributed by atoms with van der Waals surface area (Å²) < 4.78 is 36.1. The topological polar surface area (TPSA) is 103 Å². The molecule has 0 unspecified atom stereocenters. The Morgan fingerprint density at radius 2 is 1.85 bits per heavy atom. The minimum absolute atomic E-state index is 0.158. The second-order valence-corrected chi connectivity index (χ2v) is 10.5. The minimum atomic E-state index is -0.584. The number of anilines is 1. The van der Waals surface area contributed by atoms with Crippen molar-refractivity contribution < 1.29 is 37.7 Å². The highest BCUT2D eigenvalue weighted by atomic mass is 79.9. The molecule has 5 rings (SSSR count). The van der Waals surface area contributed by atoms with Crippen LogP contribution in [0.3, 0.4) is 0 Å². The highest BCUT2D eigenvalue weighted by Gasteiger charge is 2.36. The second kappa shape index (κ2) is 12.0. The molecule has 2 heterocycles. The number of carbonyl (C=O) groups excluding carboxylic acids is 3. The first-order valence-corrected chi connectivity index (χ1v) is 13.6. The molecule has 9 nitrogen and oxygen atoms in total. The lowest BCUT2D eigenvalue weighted by Gasteiger charge is -2.19. The van der Waals surface area contributed by atoms with E-state index in [0.717, 1.165) is 22.2 Å². The summed E-state index contributed by atoms with van der Waals surface area (Å²) in [6.07, 6.45) is 1.54. The van der Waals surface area contributed by atoms with E-state index in [1.54, 1.807) is 48.5 Å². The fourth-order valence-electron chi connectivity index (χ4n) is 3.95. The summed E-state index contributed by atoms with van der Waals surface area (Å²) in [7, 11) is 1.48. The first-order chi connectivity index (χ1) is 19.3. The van der Waals surface area contributed by atoms with Crippen LogP contribution in [-0.4, -0.2) is 48.8 Å². The number of rotatable bonds is 8. The molecule has 2 aliphatic heterocycles. The number of hydrogen-bond donors (Lipinski definition) is 1. The van der Waals surface area contributed by atoms with Crippen molar-refractivity contribution in [3.05, 3.63) is 80.9 Å². The van der Waals surface area contributed by atoms with Gasteiger partial charge >= 0.3 is 0 Å². The van der Waals surface area contributed by atoms with Gasteiger partial charge in [0.2, 0.25) is 5.91 Å². The monoisotopic (exact) mass is 628 g/mol. The van der Waals surface area contributed by atoms with Gasteiger partial charge in [-0.05, 0) is 81.3 Å². The van der Waals surface area contributed by atoms with Gasteiger partial charge in [0.1, 0.15) is 32.2 Å². The molecule has 12 heteroatoms. The van der Waals surface area contributed by atoms with Crippen molar-refractivity contribution >= 4 is 56.5 Å². The maximum Gasteiger partial charge on any atom is 0.294 e. The van der Waals surface area contributed by atoms with Gasteiger partial charge in [-0.25, -0.2) is 4.39 Å². The van der Waals surface area contributed by atoms with Gasteiger partial charge in [0.05, 0.1) is 16.5 Å². The summed E-state index contributed by atoms with van der Waals surface area (Å²) >= 11 is 4.21. The molecule has 3 aromatic carbocycles. The van der Waals surface area contributed by atoms with Gasteiger partial charge in [-0.3, -0.25) is 19.3 Å². The molecule has 0 aromatic heterocycles. The number of methoxy groups -OCH3 is 1. The fourth-order valence-corrected chi connectivity index (χ4v) is 5.36. The molecule has 0 radical (unpaired) electrons. The lowest BCUT2D eigenvalue weighted by molar-refractivity contribution is -0.127. The SMILES string of the molecule is COc1cc(/C=C2/SC(=O)N(CC(=O)Nc3ccc4c(c3)OCCO4)C2=O)cc(Br)c1OCc1ccc(F)cc1. The second-order valence-electron chi connectivity index (χ2n) is 8.62. The smallest absolute Gasteiger partial charge is 0.294 e. The largest absolute Gasteiger partial charge is 0.493 e. The lowest BCUT2D eigenvalue weighted by atomic mass is 10.1. The Hall–Kier alpha value is -4.03. The van der Waals surface area contributed by atoms with E-state index in [0.29, 0.717) is 51.9 Å². The van der Waals surface area contributed by atoms with Crippen LogP contribution in [0.25, 0.3) is 6.08 Å². The first kappa shape index (κ1) is 27.5. The Morgan fingerprint density at radius 1 is 1.10 bits per heavy atom. The molecule has 206 valence electrons. The molecule has 0 spiro atoms. The van der Waals surface area contributed by atoms with Crippen molar-refractivity contribution in [3.63, 3.8) is 0 Å². The van der Waals surface area contributed by atoms with Crippen molar-refractivity contribution in [1.29, 1.82) is 0 Å². The predicted molar refractivity (Wildman–Crippen MR) is 150 cm³/mol. The number of thioether (sulfide) groups is 1. The van der Waals surface area contributed by atoms with Gasteiger partial charge in [0.15, 0.2) is 23.0 Å². The van der Waals surface area contributed by atoms with Crippen molar-refractivity contribution in [2.45, 2.75) is 6.61 Å². The normalized spacial score (nSPS) is 15.4. The van der Waals surface area contributed by atoms with Crippen molar-refractivity contribution in [2.24, 2.45) is 0 Å². The van der Waals surface area contributed by atoms with Crippen LogP contribution in [0.2, 0.25) is 0 Å². The third-order valence-corrected chi connectivity index (χ3v) is 7.34. The maximum absolute atomic E-state index is 13.2. The number of halogens is 2. The van der Waals surface area contributed by atoms with E-state index in [1.165, 1.54) is 19.2 Å². The van der Waals surface area contributed by atoms with Gasteiger partial charge in [-0.15, -0.1) is 0 Å². The van der Waals surface area contributed by atoms with Crippen molar-refractivity contribution in [2.75, 3.05) is 32.2 Å². The summed E-state index contributed by atoms with van der Waals surface area (Å²) in [5.74, 6) is 0.444. The average Bonchev–Trinajstić information content (AvgIpc) is 3.20. The molecule has 3 aromatic rings. The van der Waals surface area contributed by atoms with E-state index in [9.17, 15) is 18.8 Å². The van der Waals surface area contributed by atoms with Crippen molar-refractivity contribution in [1.82, 2.24) is 4.90 Å². The predicted octanol–water partition coefficient (Wildman–Crippen LogP) is 5.62. The zero-order valence-electron chi connectivity index (χ0n) is 21.1. The van der Waals surface area contributed by atoms with Gasteiger partial charge in [-0.1, -0.05) is 12.1 Å². The number of amides is 3. The van der Waals surface area contributed by atoms with Gasteiger partial charge < -0.3 is 24.3 Å². The van der Waals surface area contributed by atoms with E-state index in [4.69, 9.17) is 18.9 Å². The van der Waals surface area contributed by atoms with Crippen LogP contribution in [0.1, 0.15) is 11.1 Å². The van der Waals surface area contributed by atoms with Crippen LogP contribution in [0.5, 0.6) is 23.0 Å². The summed E-state index contributed by atoms with van der Waals surface area (Å²) in [6.45, 7) is 0.591. The molecule has 1 N–H and O–H groups in total. The number of nitrogens with zero attached hydrogens (tertiary/aromatic N) is 1. The van der Waals surface area contributed by atoms with Crippen LogP contribution in [0.4, 0.5) is 14.9 Å². The fraction of sp³-hybridized carbons (Fsp3) is 0.179. The van der Waals surface area contributed by atoms with E-state index in [2.05, 4.69) is 21.2 Å². The Labute approximate surface area is 241 Å². The number of imide groups is 1. The molecular formula is C28H22BrFN2O7S. The zero-order valence-corrected chi connectivity index (χ0v) is 23.5. The Morgan fingerprint density at radius 3 is 2.60 bits per heavy atom. The van der Waals surface area contributed by atoms with Gasteiger partial charge in [-0.2, -0.15) is 0 Å². The summed E-state index contributed by atoms with van der Waals surface area (Å²) in [5, 5.41) is 2.12. The molecule has 1 saturated heterocycles. The number of hydrogen-bond acceptors (Lipinski definition) is 8. The summed E-state index contributed by atoms with van der Waals surface area (Å²) in [6, 6.07) is 14.3. The molecule has 0 aliphatic carbocycles. The van der Waals surface area contributed by atoms with Crippen LogP contribution < -0.4 is 24.3 Å². The zero-order chi connectivity index (χ0) is 28.2. The third-order valence-electron chi connectivity index (χ3n) is 5.85. The molecule has 0 atom stereocenters. The first-order valence-electron chi connectivity index (χ1n) is 12.0. The number of ether oxygens (including phenoxy) is 4. The molecule has 3 amide bonds. The van der Waals surface area contributed by atoms with Gasteiger partial charge in [0, 0.05) is 11.8 Å². The highest BCUT2D eigenvalue weighted by molar-refractivity contribution is 9.10. The molecule has 1 fully saturated rings. The average molecular weight is 629 g/mol. The number of carbonyl (C=O) groups is 3. The quantitative estimate of drug-likeness (QED) is 0.321. The molecule has 0 saturated carbocycles. The van der Waals surface area contributed by atoms with Gasteiger partial charge in [0.25, 0.3) is 11.1 Å². The number of fused-ring (bicyclic) bond motifs is 1. The Bertz CT molecular complexity index is 1510. The number of benzene rings is 3. The van der Waals surface area contributed by atoms with E-state index in [-0.39, 0.29) is 17.3 Å². The third kappa shape index (κ3) is 6.23. The van der Waals surface area contributed by atoms with E-state index in [1.807, 2.05) is 0 Å². The standard InChI is InChI=1S/C28H22BrFN2O7S/c1-36-23-11-17(10-20(29)26(23)39-15-16-2-4-18(30)5-3-16)12-24-27(34)32(28(35)40-24)14-25(33)31-19-6-7-21-22(13-19)38-9-8-37-21/h2-7,10-13H,8-9,14-15H2,1H3,(H,31,33)/b24-12+. The maximum atomic E-state index is 13.2. The highest BCUT2D eigenvalue weighted by Crippen LogP contribution is 2.39. The molecular weight excluding hydrogens is 607 g/mol. The lowest BCUT2D eigenvalue weighted by Crippen LogP contribution is -2.36. The molecule has 0 bridgehead atoms. The van der Waals surface area contributed by atoms with Crippen LogP contribution >= 0.6 is 27.7 Å². The Kier molecular flexibility index (Phi) is 8.27. The summed E-state index contributed by atoms with van der Waals surface area (Å²) in [5.41, 5.74) is 1.80. The van der Waals surface area contributed by atoms with E-state index >= 15 is 0 Å². The summed E-state index contributed by atoms with van der Waals surface area (Å²) in [4.78, 5) is 39.2. The number of nitrogens with one attached hydrogen (secondary N) is 1. The van der Waals surface area contributed by atoms with Crippen molar-refractivity contribution in [3.8, 4) is 23.0 Å². The van der Waals surface area contributed by atoms with E-state index < -0.39 is 23.6 Å². The Balaban J connectivity index is 1.26. The van der Waals surface area contributed by atoms with Crippen LogP contribution in [0.15, 0.2) is 64.0 Å². The molecule has 2 aliphatic rings. The molecule has 40 heavy (non-hydrogen) atoms. The van der Waals surface area contributed by atoms with Crippen LogP contribution in [-0.2, 0) is 16.2 Å².